The maximum absolute atomic E-state index is 12.4. The number of amidine groups is 1. The zero-order chi connectivity index (χ0) is 19.8. The summed E-state index contributed by atoms with van der Waals surface area (Å²) in [7, 11) is 0. The lowest BCUT2D eigenvalue weighted by molar-refractivity contribution is -0.150. The number of nitrogens with two attached hydrogens (primary N) is 1. The largest absolute Gasteiger partial charge is 0.465 e. The number of amides is 2. The van der Waals surface area contributed by atoms with Crippen molar-refractivity contribution in [2.75, 3.05) is 31.6 Å². The number of nitrogens with one attached hydrogen (secondary N) is 3. The van der Waals surface area contributed by atoms with Gasteiger partial charge in [-0.2, -0.15) is 0 Å². The van der Waals surface area contributed by atoms with Crippen LogP contribution >= 0.6 is 0 Å². The smallest absolute Gasteiger partial charge is 0.325 e. The molecule has 1 fully saturated rings. The molecule has 9 heteroatoms. The van der Waals surface area contributed by atoms with Crippen LogP contribution in [0.1, 0.15) is 25.3 Å². The normalized spacial score (nSPS) is 16.7. The minimum Gasteiger partial charge on any atom is -0.465 e. The first-order valence-corrected chi connectivity index (χ1v) is 8.82. The van der Waals surface area contributed by atoms with Crippen LogP contribution in [0.15, 0.2) is 24.3 Å². The fraction of sp³-hybridized carbons (Fsp3) is 0.444. The highest BCUT2D eigenvalue weighted by molar-refractivity contribution is 5.96. The van der Waals surface area contributed by atoms with Gasteiger partial charge in [0.1, 0.15) is 12.4 Å². The summed E-state index contributed by atoms with van der Waals surface area (Å²) in [4.78, 5) is 37.6. The van der Waals surface area contributed by atoms with Crippen molar-refractivity contribution in [2.24, 2.45) is 5.73 Å². The van der Waals surface area contributed by atoms with Crippen LogP contribution in [0, 0.1) is 5.41 Å². The van der Waals surface area contributed by atoms with Gasteiger partial charge in [-0.1, -0.05) is 0 Å². The van der Waals surface area contributed by atoms with Crippen LogP contribution in [0.3, 0.4) is 0 Å². The highest BCUT2D eigenvalue weighted by Gasteiger charge is 2.30. The van der Waals surface area contributed by atoms with Gasteiger partial charge in [0.15, 0.2) is 0 Å². The minimum absolute atomic E-state index is 0.0397. The Morgan fingerprint density at radius 1 is 1.37 bits per heavy atom. The number of rotatable bonds is 8. The molecule has 146 valence electrons. The van der Waals surface area contributed by atoms with Crippen LogP contribution in [0.2, 0.25) is 0 Å². The van der Waals surface area contributed by atoms with Crippen molar-refractivity contribution in [2.45, 2.75) is 25.8 Å². The second-order valence-corrected chi connectivity index (χ2v) is 6.15. The zero-order valence-corrected chi connectivity index (χ0v) is 15.3. The Hall–Kier alpha value is -2.94. The third-order valence-corrected chi connectivity index (χ3v) is 4.15. The van der Waals surface area contributed by atoms with Crippen molar-refractivity contribution < 1.29 is 19.1 Å². The average Bonchev–Trinajstić information content (AvgIpc) is 2.63. The third kappa shape index (κ3) is 6.07. The second kappa shape index (κ2) is 9.67. The molecule has 1 aliphatic rings. The molecule has 27 heavy (non-hydrogen) atoms. The molecule has 1 aliphatic heterocycles. The van der Waals surface area contributed by atoms with Crippen molar-refractivity contribution in [3.63, 3.8) is 0 Å². The topological polar surface area (TPSA) is 138 Å². The van der Waals surface area contributed by atoms with E-state index in [1.807, 2.05) is 0 Å². The van der Waals surface area contributed by atoms with E-state index in [0.29, 0.717) is 30.8 Å². The van der Waals surface area contributed by atoms with Crippen LogP contribution in [-0.2, 0) is 19.1 Å². The van der Waals surface area contributed by atoms with E-state index in [1.54, 1.807) is 31.2 Å². The predicted molar refractivity (Wildman–Crippen MR) is 100 cm³/mol. The first-order valence-electron chi connectivity index (χ1n) is 8.82. The Morgan fingerprint density at radius 3 is 2.70 bits per heavy atom. The molecule has 1 atom stereocenters. The zero-order valence-electron chi connectivity index (χ0n) is 15.3. The number of anilines is 1. The van der Waals surface area contributed by atoms with Gasteiger partial charge in [0.25, 0.3) is 0 Å². The number of carbonyl (C=O) groups is 3. The van der Waals surface area contributed by atoms with Gasteiger partial charge >= 0.3 is 5.97 Å². The number of ether oxygens (including phenoxy) is 1. The fourth-order valence-electron chi connectivity index (χ4n) is 2.77. The highest BCUT2D eigenvalue weighted by Crippen LogP contribution is 2.12. The molecule has 0 spiro atoms. The van der Waals surface area contributed by atoms with Gasteiger partial charge in [0, 0.05) is 30.8 Å². The molecule has 0 aliphatic carbocycles. The van der Waals surface area contributed by atoms with Crippen molar-refractivity contribution >= 4 is 29.3 Å². The molecule has 1 heterocycles. The molecule has 2 rings (SSSR count). The Labute approximate surface area is 157 Å². The molecule has 5 N–H and O–H groups in total. The monoisotopic (exact) mass is 375 g/mol. The van der Waals surface area contributed by atoms with E-state index in [1.165, 1.54) is 4.90 Å². The van der Waals surface area contributed by atoms with E-state index >= 15 is 0 Å². The summed E-state index contributed by atoms with van der Waals surface area (Å²) in [5.74, 6) is -0.893. The standard InChI is InChI=1S/C18H25N5O4/c1-2-27-16(25)11-23-10-9-21-14(18(23)26)7-8-15(24)22-13-5-3-12(4-6-13)17(19)20/h3-6,14,21H,2,7-11H2,1H3,(H3,19,20)(H,22,24). The van der Waals surface area contributed by atoms with Gasteiger partial charge in [0.05, 0.1) is 12.6 Å². The number of piperazine rings is 1. The molecule has 1 unspecified atom stereocenters. The first-order chi connectivity index (χ1) is 12.9. The van der Waals surface area contributed by atoms with Gasteiger partial charge in [-0.25, -0.2) is 0 Å². The fourth-order valence-corrected chi connectivity index (χ4v) is 2.77. The summed E-state index contributed by atoms with van der Waals surface area (Å²) >= 11 is 0. The Morgan fingerprint density at radius 2 is 2.07 bits per heavy atom. The lowest BCUT2D eigenvalue weighted by Crippen LogP contribution is -2.56. The molecule has 1 aromatic rings. The van der Waals surface area contributed by atoms with Gasteiger partial charge < -0.3 is 26.0 Å². The molecule has 0 radical (unpaired) electrons. The summed E-state index contributed by atoms with van der Waals surface area (Å²) < 4.78 is 4.88. The van der Waals surface area contributed by atoms with E-state index < -0.39 is 12.0 Å². The van der Waals surface area contributed by atoms with Crippen molar-refractivity contribution in [1.82, 2.24) is 10.2 Å². The molecule has 0 bridgehead atoms. The van der Waals surface area contributed by atoms with Crippen LogP contribution in [0.4, 0.5) is 5.69 Å². The minimum atomic E-state index is -0.501. The van der Waals surface area contributed by atoms with Gasteiger partial charge in [-0.05, 0) is 37.6 Å². The van der Waals surface area contributed by atoms with E-state index in [0.717, 1.165) is 0 Å². The first kappa shape index (κ1) is 20.4. The number of nitrogens with zero attached hydrogens (tertiary/aromatic N) is 1. The molecule has 1 aromatic carbocycles. The Balaban J connectivity index is 1.82. The lowest BCUT2D eigenvalue weighted by Gasteiger charge is -2.32. The average molecular weight is 375 g/mol. The maximum Gasteiger partial charge on any atom is 0.325 e. The third-order valence-electron chi connectivity index (χ3n) is 4.15. The quantitative estimate of drug-likeness (QED) is 0.288. The predicted octanol–water partition coefficient (Wildman–Crippen LogP) is 0.0529. The lowest BCUT2D eigenvalue weighted by atomic mass is 10.1. The summed E-state index contributed by atoms with van der Waals surface area (Å²) in [6, 6.07) is 6.13. The SMILES string of the molecule is CCOC(=O)CN1CCNC(CCC(=O)Nc2ccc(C(=N)N)cc2)C1=O. The van der Waals surface area contributed by atoms with Crippen molar-refractivity contribution in [3.8, 4) is 0 Å². The van der Waals surface area contributed by atoms with E-state index in [2.05, 4.69) is 10.6 Å². The van der Waals surface area contributed by atoms with E-state index in [4.69, 9.17) is 15.9 Å². The molecule has 9 nitrogen and oxygen atoms in total. The molecule has 0 saturated carbocycles. The second-order valence-electron chi connectivity index (χ2n) is 6.15. The van der Waals surface area contributed by atoms with Crippen LogP contribution in [-0.4, -0.2) is 60.8 Å². The number of hydrogen-bond acceptors (Lipinski definition) is 6. The van der Waals surface area contributed by atoms with Gasteiger partial charge in [-0.3, -0.25) is 19.8 Å². The Kier molecular flexibility index (Phi) is 7.30. The van der Waals surface area contributed by atoms with Crippen LogP contribution < -0.4 is 16.4 Å². The van der Waals surface area contributed by atoms with Crippen molar-refractivity contribution in [1.29, 1.82) is 5.41 Å². The van der Waals surface area contributed by atoms with E-state index in [9.17, 15) is 14.4 Å². The summed E-state index contributed by atoms with van der Waals surface area (Å²) in [6.45, 7) is 2.91. The number of benzene rings is 1. The maximum atomic E-state index is 12.4. The van der Waals surface area contributed by atoms with Gasteiger partial charge in [0.2, 0.25) is 11.8 Å². The molecule has 0 aromatic heterocycles. The molecule has 2 amide bonds. The summed E-state index contributed by atoms with van der Waals surface area (Å²) in [5, 5.41) is 13.2. The number of carbonyl (C=O) groups excluding carboxylic acids is 3. The highest BCUT2D eigenvalue weighted by atomic mass is 16.5. The Bertz CT molecular complexity index is 704. The molecular weight excluding hydrogens is 350 g/mol. The summed E-state index contributed by atoms with van der Waals surface area (Å²) in [5.41, 5.74) is 6.56. The van der Waals surface area contributed by atoms with Crippen molar-refractivity contribution in [3.05, 3.63) is 29.8 Å². The number of nitrogen functional groups attached to an aromatic ring is 1. The van der Waals surface area contributed by atoms with Crippen LogP contribution in [0.5, 0.6) is 0 Å². The molecular formula is C18H25N5O4. The van der Waals surface area contributed by atoms with Gasteiger partial charge in [-0.15, -0.1) is 0 Å². The number of esters is 1. The number of hydrogen-bond donors (Lipinski definition) is 4. The molecule has 1 saturated heterocycles. The summed E-state index contributed by atoms with van der Waals surface area (Å²) in [6.07, 6.45) is 0.487. The van der Waals surface area contributed by atoms with Crippen LogP contribution in [0.25, 0.3) is 0 Å². The van der Waals surface area contributed by atoms with E-state index in [-0.39, 0.29) is 37.2 Å².